The zero-order valence-electron chi connectivity index (χ0n) is 11.4. The van der Waals surface area contributed by atoms with Crippen molar-refractivity contribution in [1.29, 1.82) is 0 Å². The Morgan fingerprint density at radius 3 is 2.79 bits per heavy atom. The molecule has 104 valence electrons. The number of hydrogen-bond acceptors (Lipinski definition) is 4. The van der Waals surface area contributed by atoms with E-state index in [0.717, 1.165) is 6.54 Å². The summed E-state index contributed by atoms with van der Waals surface area (Å²) in [4.78, 5) is 12.0. The molecule has 2 rings (SSSR count). The van der Waals surface area contributed by atoms with Crippen LogP contribution in [0.15, 0.2) is 18.2 Å². The van der Waals surface area contributed by atoms with Crippen LogP contribution >= 0.6 is 11.8 Å². The van der Waals surface area contributed by atoms with Gasteiger partial charge in [0.25, 0.3) is 5.91 Å². The molecule has 0 unspecified atom stereocenters. The number of carbonyl (C=O) groups excluding carboxylic acids is 1. The molecule has 0 bridgehead atoms. The second-order valence-corrected chi connectivity index (χ2v) is 6.03. The Bertz CT molecular complexity index is 473. The molecule has 1 saturated carbocycles. The number of nitrogens with two attached hydrogens (primary N) is 1. The van der Waals surface area contributed by atoms with Crippen molar-refractivity contribution in [3.8, 4) is 5.75 Å². The average molecular weight is 280 g/mol. The fraction of sp³-hybridized carbons (Fsp3) is 0.500. The van der Waals surface area contributed by atoms with Gasteiger partial charge >= 0.3 is 0 Å². The Balaban J connectivity index is 1.97. The Hall–Kier alpha value is -1.36. The summed E-state index contributed by atoms with van der Waals surface area (Å²) in [6, 6.07) is 5.16. The number of nitrogen functional groups attached to an aromatic ring is 1. The maximum atomic E-state index is 12.0. The summed E-state index contributed by atoms with van der Waals surface area (Å²) in [5.74, 6) is 0.553. The molecule has 0 saturated heterocycles. The molecule has 1 amide bonds. The minimum atomic E-state index is -0.0740. The lowest BCUT2D eigenvalue weighted by Gasteiger charge is -2.13. The molecule has 0 heterocycles. The highest BCUT2D eigenvalue weighted by Crippen LogP contribution is 2.46. The van der Waals surface area contributed by atoms with Crippen LogP contribution in [0.25, 0.3) is 0 Å². The third-order valence-corrected chi connectivity index (χ3v) is 4.80. The molecule has 0 radical (unpaired) electrons. The normalized spacial score (nSPS) is 15.9. The molecular formula is C14H20N2O2S. The van der Waals surface area contributed by atoms with Gasteiger partial charge in [-0.15, -0.1) is 0 Å². The van der Waals surface area contributed by atoms with Gasteiger partial charge in [-0.2, -0.15) is 11.8 Å². The SMILES string of the molecule is CCOc1ccc(C(=O)NCC2(SC)CC2)cc1N. The molecule has 0 aromatic heterocycles. The highest BCUT2D eigenvalue weighted by Gasteiger charge is 2.41. The van der Waals surface area contributed by atoms with Crippen LogP contribution in [0.2, 0.25) is 0 Å². The lowest BCUT2D eigenvalue weighted by Crippen LogP contribution is -2.31. The van der Waals surface area contributed by atoms with Crippen molar-refractivity contribution in [1.82, 2.24) is 5.32 Å². The Morgan fingerprint density at radius 2 is 2.26 bits per heavy atom. The summed E-state index contributed by atoms with van der Waals surface area (Å²) in [5.41, 5.74) is 6.94. The molecule has 0 atom stereocenters. The van der Waals surface area contributed by atoms with Crippen LogP contribution in [0.5, 0.6) is 5.75 Å². The van der Waals surface area contributed by atoms with E-state index in [9.17, 15) is 4.79 Å². The van der Waals surface area contributed by atoms with Gasteiger partial charge in [0.1, 0.15) is 5.75 Å². The monoisotopic (exact) mass is 280 g/mol. The van der Waals surface area contributed by atoms with E-state index in [1.807, 2.05) is 18.7 Å². The summed E-state index contributed by atoms with van der Waals surface area (Å²) in [5, 5.41) is 2.98. The summed E-state index contributed by atoms with van der Waals surface area (Å²) in [7, 11) is 0. The molecule has 1 aliphatic rings. The zero-order valence-corrected chi connectivity index (χ0v) is 12.2. The van der Waals surface area contributed by atoms with Crippen molar-refractivity contribution >= 4 is 23.4 Å². The van der Waals surface area contributed by atoms with Crippen molar-refractivity contribution in [2.45, 2.75) is 24.5 Å². The van der Waals surface area contributed by atoms with Crippen LogP contribution in [0, 0.1) is 0 Å². The number of thioether (sulfide) groups is 1. The average Bonchev–Trinajstić information content (AvgIpc) is 3.19. The van der Waals surface area contributed by atoms with E-state index in [1.165, 1.54) is 12.8 Å². The van der Waals surface area contributed by atoms with Crippen LogP contribution < -0.4 is 15.8 Å². The molecule has 4 nitrogen and oxygen atoms in total. The first-order valence-corrected chi connectivity index (χ1v) is 7.68. The molecule has 1 aliphatic carbocycles. The van der Waals surface area contributed by atoms with E-state index in [1.54, 1.807) is 18.2 Å². The molecule has 3 N–H and O–H groups in total. The topological polar surface area (TPSA) is 64.3 Å². The van der Waals surface area contributed by atoms with Crippen molar-refractivity contribution in [3.63, 3.8) is 0 Å². The first kappa shape index (κ1) is 14.1. The number of anilines is 1. The third kappa shape index (κ3) is 3.35. The van der Waals surface area contributed by atoms with Gasteiger partial charge in [0.2, 0.25) is 0 Å². The minimum absolute atomic E-state index is 0.0740. The number of amides is 1. The van der Waals surface area contributed by atoms with Gasteiger partial charge in [-0.05, 0) is 44.2 Å². The number of nitrogens with one attached hydrogen (secondary N) is 1. The largest absolute Gasteiger partial charge is 0.492 e. The van der Waals surface area contributed by atoms with Crippen molar-refractivity contribution < 1.29 is 9.53 Å². The van der Waals surface area contributed by atoms with Gasteiger partial charge in [-0.1, -0.05) is 0 Å². The van der Waals surface area contributed by atoms with Crippen LogP contribution in [-0.4, -0.2) is 30.1 Å². The number of ether oxygens (including phenoxy) is 1. The van der Waals surface area contributed by atoms with Crippen LogP contribution in [0.3, 0.4) is 0 Å². The van der Waals surface area contributed by atoms with E-state index in [4.69, 9.17) is 10.5 Å². The standard InChI is InChI=1S/C14H20N2O2S/c1-3-18-12-5-4-10(8-11(12)15)13(17)16-9-14(19-2)6-7-14/h4-5,8H,3,6-7,9,15H2,1-2H3,(H,16,17). The predicted molar refractivity (Wildman–Crippen MR) is 79.8 cm³/mol. The second kappa shape index (κ2) is 5.74. The van der Waals surface area contributed by atoms with Crippen LogP contribution in [0.4, 0.5) is 5.69 Å². The summed E-state index contributed by atoms with van der Waals surface area (Å²) in [6.45, 7) is 3.18. The molecule has 1 aromatic rings. The number of carbonyl (C=O) groups is 1. The van der Waals surface area contributed by atoms with E-state index in [2.05, 4.69) is 11.6 Å². The molecule has 1 fully saturated rings. The second-order valence-electron chi connectivity index (χ2n) is 4.76. The van der Waals surface area contributed by atoms with Crippen LogP contribution in [0.1, 0.15) is 30.1 Å². The van der Waals surface area contributed by atoms with Gasteiger partial charge in [0.15, 0.2) is 0 Å². The summed E-state index contributed by atoms with van der Waals surface area (Å²) >= 11 is 1.83. The van der Waals surface area contributed by atoms with Crippen molar-refractivity contribution in [3.05, 3.63) is 23.8 Å². The third-order valence-electron chi connectivity index (χ3n) is 3.38. The van der Waals surface area contributed by atoms with E-state index >= 15 is 0 Å². The Labute approximate surface area is 118 Å². The summed E-state index contributed by atoms with van der Waals surface area (Å²) in [6.07, 6.45) is 4.45. The first-order valence-electron chi connectivity index (χ1n) is 6.46. The van der Waals surface area contributed by atoms with Crippen molar-refractivity contribution in [2.24, 2.45) is 0 Å². The lowest BCUT2D eigenvalue weighted by molar-refractivity contribution is 0.0953. The van der Waals surface area contributed by atoms with Crippen LogP contribution in [-0.2, 0) is 0 Å². The number of benzene rings is 1. The highest BCUT2D eigenvalue weighted by molar-refractivity contribution is 8.00. The van der Waals surface area contributed by atoms with Gasteiger partial charge in [0.05, 0.1) is 12.3 Å². The fourth-order valence-corrected chi connectivity index (χ4v) is 2.64. The Kier molecular flexibility index (Phi) is 4.24. The molecule has 5 heteroatoms. The predicted octanol–water partition coefficient (Wildman–Crippen LogP) is 2.29. The fourth-order valence-electron chi connectivity index (χ4n) is 1.91. The smallest absolute Gasteiger partial charge is 0.251 e. The van der Waals surface area contributed by atoms with Gasteiger partial charge in [0, 0.05) is 16.9 Å². The van der Waals surface area contributed by atoms with Gasteiger partial charge in [-0.3, -0.25) is 4.79 Å². The number of hydrogen-bond donors (Lipinski definition) is 2. The first-order chi connectivity index (χ1) is 9.10. The quantitative estimate of drug-likeness (QED) is 0.785. The van der Waals surface area contributed by atoms with E-state index in [-0.39, 0.29) is 10.7 Å². The minimum Gasteiger partial charge on any atom is -0.492 e. The molecule has 1 aromatic carbocycles. The van der Waals surface area contributed by atoms with Crippen molar-refractivity contribution in [2.75, 3.05) is 25.1 Å². The Morgan fingerprint density at radius 1 is 1.53 bits per heavy atom. The molecule has 19 heavy (non-hydrogen) atoms. The number of rotatable bonds is 6. The maximum absolute atomic E-state index is 12.0. The van der Waals surface area contributed by atoms with Gasteiger partial charge < -0.3 is 15.8 Å². The molecule has 0 aliphatic heterocycles. The zero-order chi connectivity index (χ0) is 13.9. The van der Waals surface area contributed by atoms with Gasteiger partial charge in [-0.25, -0.2) is 0 Å². The lowest BCUT2D eigenvalue weighted by atomic mass is 10.1. The summed E-state index contributed by atoms with van der Waals surface area (Å²) < 4.78 is 5.62. The molecular weight excluding hydrogens is 260 g/mol. The highest BCUT2D eigenvalue weighted by atomic mass is 32.2. The molecule has 0 spiro atoms. The van der Waals surface area contributed by atoms with E-state index < -0.39 is 0 Å². The van der Waals surface area contributed by atoms with E-state index in [0.29, 0.717) is 23.6 Å². The maximum Gasteiger partial charge on any atom is 0.251 e.